The number of para-hydroxylation sites is 1. The monoisotopic (exact) mass is 421 g/mol. The SMILES string of the molecule is C=CCCCCCCCCC(=O)NCCCCn1cnc2c(N)nc3ccccc3c21. The average molecular weight is 422 g/mol. The number of nitrogens with zero attached hydrogens (tertiary/aromatic N) is 3. The number of aromatic nitrogens is 3. The number of benzene rings is 1. The first-order valence-corrected chi connectivity index (χ1v) is 11.6. The summed E-state index contributed by atoms with van der Waals surface area (Å²) in [4.78, 5) is 20.9. The Bertz CT molecular complexity index is 994. The third-order valence-corrected chi connectivity index (χ3v) is 5.69. The zero-order chi connectivity index (χ0) is 21.9. The molecule has 6 nitrogen and oxygen atoms in total. The largest absolute Gasteiger partial charge is 0.382 e. The van der Waals surface area contributed by atoms with Gasteiger partial charge in [0.1, 0.15) is 5.52 Å². The number of imidazole rings is 1. The minimum absolute atomic E-state index is 0.171. The summed E-state index contributed by atoms with van der Waals surface area (Å²) in [6.45, 7) is 5.31. The summed E-state index contributed by atoms with van der Waals surface area (Å²) in [5.74, 6) is 0.640. The molecule has 0 unspecified atom stereocenters. The van der Waals surface area contributed by atoms with Crippen LogP contribution in [-0.2, 0) is 11.3 Å². The summed E-state index contributed by atoms with van der Waals surface area (Å²) in [5.41, 5.74) is 8.78. The van der Waals surface area contributed by atoms with Gasteiger partial charge in [-0.05, 0) is 38.2 Å². The van der Waals surface area contributed by atoms with Crippen LogP contribution in [0.4, 0.5) is 5.82 Å². The van der Waals surface area contributed by atoms with Gasteiger partial charge in [-0.1, -0.05) is 50.0 Å². The Labute approximate surface area is 184 Å². The first-order chi connectivity index (χ1) is 15.2. The van der Waals surface area contributed by atoms with Crippen LogP contribution >= 0.6 is 0 Å². The Kier molecular flexibility index (Phi) is 8.88. The lowest BCUT2D eigenvalue weighted by molar-refractivity contribution is -0.121. The number of carbonyl (C=O) groups is 1. The van der Waals surface area contributed by atoms with E-state index in [4.69, 9.17) is 5.73 Å². The molecule has 166 valence electrons. The molecule has 0 aliphatic heterocycles. The van der Waals surface area contributed by atoms with Crippen molar-refractivity contribution in [1.82, 2.24) is 19.9 Å². The minimum atomic E-state index is 0.171. The number of hydrogen-bond acceptors (Lipinski definition) is 4. The van der Waals surface area contributed by atoms with Gasteiger partial charge in [-0.15, -0.1) is 6.58 Å². The van der Waals surface area contributed by atoms with Gasteiger partial charge in [-0.3, -0.25) is 4.79 Å². The number of nitrogens with one attached hydrogen (secondary N) is 1. The molecule has 3 aromatic rings. The number of rotatable bonds is 14. The zero-order valence-electron chi connectivity index (χ0n) is 18.5. The van der Waals surface area contributed by atoms with Crippen molar-refractivity contribution in [3.05, 3.63) is 43.2 Å². The molecule has 3 rings (SSSR count). The van der Waals surface area contributed by atoms with E-state index in [9.17, 15) is 4.79 Å². The Morgan fingerprint density at radius 3 is 2.68 bits per heavy atom. The van der Waals surface area contributed by atoms with E-state index in [2.05, 4.69) is 32.5 Å². The molecular weight excluding hydrogens is 386 g/mol. The van der Waals surface area contributed by atoms with Gasteiger partial charge < -0.3 is 15.6 Å². The first kappa shape index (κ1) is 22.8. The fourth-order valence-corrected chi connectivity index (χ4v) is 3.98. The number of nitrogens with two attached hydrogens (primary N) is 1. The second kappa shape index (κ2) is 12.1. The van der Waals surface area contributed by atoms with Crippen LogP contribution in [-0.4, -0.2) is 27.0 Å². The van der Waals surface area contributed by atoms with Crippen LogP contribution < -0.4 is 11.1 Å². The second-order valence-corrected chi connectivity index (χ2v) is 8.16. The molecule has 0 atom stereocenters. The van der Waals surface area contributed by atoms with E-state index in [0.717, 1.165) is 67.1 Å². The van der Waals surface area contributed by atoms with Gasteiger partial charge in [0.05, 0.1) is 17.4 Å². The number of unbranched alkanes of at least 4 members (excludes halogenated alkanes) is 7. The van der Waals surface area contributed by atoms with Gasteiger partial charge in [-0.25, -0.2) is 9.97 Å². The van der Waals surface area contributed by atoms with E-state index in [0.29, 0.717) is 12.2 Å². The van der Waals surface area contributed by atoms with Crippen LogP contribution in [0.2, 0.25) is 0 Å². The topological polar surface area (TPSA) is 85.8 Å². The van der Waals surface area contributed by atoms with E-state index in [-0.39, 0.29) is 5.91 Å². The highest BCUT2D eigenvalue weighted by atomic mass is 16.1. The summed E-state index contributed by atoms with van der Waals surface area (Å²) in [6.07, 6.45) is 14.6. The first-order valence-electron chi connectivity index (χ1n) is 11.6. The van der Waals surface area contributed by atoms with Crippen LogP contribution in [0, 0.1) is 0 Å². The quantitative estimate of drug-likeness (QED) is 0.271. The normalized spacial score (nSPS) is 11.2. The number of allylic oxidation sites excluding steroid dienone is 1. The molecule has 1 aromatic carbocycles. The Morgan fingerprint density at radius 1 is 1.06 bits per heavy atom. The maximum absolute atomic E-state index is 12.0. The highest BCUT2D eigenvalue weighted by molar-refractivity contribution is 6.06. The lowest BCUT2D eigenvalue weighted by Gasteiger charge is -2.08. The number of fused-ring (bicyclic) bond motifs is 3. The third-order valence-electron chi connectivity index (χ3n) is 5.69. The van der Waals surface area contributed by atoms with Crippen LogP contribution in [0.3, 0.4) is 0 Å². The molecule has 0 radical (unpaired) electrons. The van der Waals surface area contributed by atoms with E-state index in [1.54, 1.807) is 0 Å². The number of pyridine rings is 1. The summed E-state index contributed by atoms with van der Waals surface area (Å²) in [5, 5.41) is 4.12. The number of amides is 1. The van der Waals surface area contributed by atoms with Crippen LogP contribution in [0.25, 0.3) is 21.9 Å². The third kappa shape index (κ3) is 6.54. The van der Waals surface area contributed by atoms with Crippen molar-refractivity contribution in [2.45, 2.75) is 70.8 Å². The number of hydrogen-bond donors (Lipinski definition) is 2. The highest BCUT2D eigenvalue weighted by Gasteiger charge is 2.11. The molecular formula is C25H35N5O. The Morgan fingerprint density at radius 2 is 1.84 bits per heavy atom. The predicted octanol–water partition coefficient (Wildman–Crippen LogP) is 5.37. The van der Waals surface area contributed by atoms with Gasteiger partial charge in [0.15, 0.2) is 5.82 Å². The van der Waals surface area contributed by atoms with Crippen molar-refractivity contribution < 1.29 is 4.79 Å². The van der Waals surface area contributed by atoms with Crippen molar-refractivity contribution >= 4 is 33.7 Å². The van der Waals surface area contributed by atoms with E-state index in [1.165, 1.54) is 25.7 Å². The van der Waals surface area contributed by atoms with Gasteiger partial charge >= 0.3 is 0 Å². The predicted molar refractivity (Wildman–Crippen MR) is 129 cm³/mol. The molecule has 0 aliphatic rings. The summed E-state index contributed by atoms with van der Waals surface area (Å²) < 4.78 is 2.15. The fourth-order valence-electron chi connectivity index (χ4n) is 3.98. The number of nitrogen functional groups attached to an aromatic ring is 1. The number of aryl methyl sites for hydroxylation is 1. The molecule has 2 aromatic heterocycles. The van der Waals surface area contributed by atoms with Crippen LogP contribution in [0.5, 0.6) is 0 Å². The van der Waals surface area contributed by atoms with Gasteiger partial charge in [0.2, 0.25) is 5.91 Å². The molecule has 3 N–H and O–H groups in total. The molecule has 1 amide bonds. The molecule has 0 fully saturated rings. The van der Waals surface area contributed by atoms with Gasteiger partial charge in [0, 0.05) is 24.9 Å². The fraction of sp³-hybridized carbons (Fsp3) is 0.480. The van der Waals surface area contributed by atoms with Crippen LogP contribution in [0.15, 0.2) is 43.2 Å². The summed E-state index contributed by atoms with van der Waals surface area (Å²) >= 11 is 0. The lowest BCUT2D eigenvalue weighted by atomic mass is 10.1. The van der Waals surface area contributed by atoms with E-state index >= 15 is 0 Å². The van der Waals surface area contributed by atoms with Crippen molar-refractivity contribution in [3.63, 3.8) is 0 Å². The molecule has 0 saturated carbocycles. The van der Waals surface area contributed by atoms with Crippen molar-refractivity contribution in [2.24, 2.45) is 0 Å². The van der Waals surface area contributed by atoms with E-state index < -0.39 is 0 Å². The van der Waals surface area contributed by atoms with Crippen molar-refractivity contribution in [1.29, 1.82) is 0 Å². The second-order valence-electron chi connectivity index (χ2n) is 8.16. The van der Waals surface area contributed by atoms with Crippen molar-refractivity contribution in [3.8, 4) is 0 Å². The van der Waals surface area contributed by atoms with Crippen molar-refractivity contribution in [2.75, 3.05) is 12.3 Å². The Hall–Kier alpha value is -2.89. The van der Waals surface area contributed by atoms with Gasteiger partial charge in [0.25, 0.3) is 0 Å². The number of anilines is 1. The van der Waals surface area contributed by atoms with Crippen LogP contribution in [0.1, 0.15) is 64.2 Å². The molecule has 0 bridgehead atoms. The molecule has 0 aliphatic carbocycles. The minimum Gasteiger partial charge on any atom is -0.382 e. The standard InChI is InChI=1S/C25H35N5O/c1-2-3-4-5-6-7-8-9-16-22(31)27-17-12-13-18-30-19-28-23-24(30)20-14-10-11-15-21(20)29-25(23)26/h2,10-11,14-15,19H,1,3-9,12-13,16-18H2,(H2,26,29)(H,27,31). The molecule has 0 saturated heterocycles. The number of carbonyl (C=O) groups excluding carboxylic acids is 1. The summed E-state index contributed by atoms with van der Waals surface area (Å²) in [7, 11) is 0. The van der Waals surface area contributed by atoms with Gasteiger partial charge in [-0.2, -0.15) is 0 Å². The Balaban J connectivity index is 1.35. The molecule has 6 heteroatoms. The molecule has 0 spiro atoms. The maximum Gasteiger partial charge on any atom is 0.219 e. The maximum atomic E-state index is 12.0. The molecule has 2 heterocycles. The highest BCUT2D eigenvalue weighted by Crippen LogP contribution is 2.27. The average Bonchev–Trinajstić information content (AvgIpc) is 3.20. The van der Waals surface area contributed by atoms with E-state index in [1.807, 2.05) is 30.6 Å². The smallest absolute Gasteiger partial charge is 0.219 e. The summed E-state index contributed by atoms with van der Waals surface area (Å²) in [6, 6.07) is 8.01. The molecule has 31 heavy (non-hydrogen) atoms. The lowest BCUT2D eigenvalue weighted by Crippen LogP contribution is -2.24. The zero-order valence-corrected chi connectivity index (χ0v) is 18.5.